The van der Waals surface area contributed by atoms with E-state index in [1.54, 1.807) is 12.1 Å². The van der Waals surface area contributed by atoms with E-state index in [0.29, 0.717) is 35.4 Å². The number of nitrogens with two attached hydrogens (primary N) is 1. The quantitative estimate of drug-likeness (QED) is 0.837. The molecule has 0 heterocycles. The Kier molecular flexibility index (Phi) is 5.10. The first kappa shape index (κ1) is 15.7. The van der Waals surface area contributed by atoms with E-state index in [4.69, 9.17) is 10.5 Å². The average molecular weight is 290 g/mol. The minimum Gasteiger partial charge on any atom is -0.488 e. The molecule has 1 amide bonds. The first-order valence-electron chi connectivity index (χ1n) is 7.84. The van der Waals surface area contributed by atoms with Gasteiger partial charge in [0.15, 0.2) is 0 Å². The van der Waals surface area contributed by atoms with Crippen LogP contribution in [-0.4, -0.2) is 18.6 Å². The molecule has 2 atom stereocenters. The molecule has 0 aliphatic heterocycles. The molecule has 1 aliphatic rings. The second-order valence-electron chi connectivity index (χ2n) is 6.27. The predicted octanol–water partition coefficient (Wildman–Crippen LogP) is 3.22. The minimum atomic E-state index is -0.101. The van der Waals surface area contributed by atoms with Gasteiger partial charge in [-0.3, -0.25) is 4.79 Å². The summed E-state index contributed by atoms with van der Waals surface area (Å²) in [7, 11) is 0. The third-order valence-corrected chi connectivity index (χ3v) is 4.04. The second kappa shape index (κ2) is 6.83. The van der Waals surface area contributed by atoms with Crippen molar-refractivity contribution in [2.75, 3.05) is 12.3 Å². The van der Waals surface area contributed by atoms with E-state index in [1.807, 2.05) is 13.0 Å². The van der Waals surface area contributed by atoms with E-state index in [2.05, 4.69) is 19.2 Å². The van der Waals surface area contributed by atoms with Crippen molar-refractivity contribution in [1.82, 2.24) is 5.32 Å². The molecule has 1 fully saturated rings. The number of nitrogens with one attached hydrogen (secondary N) is 1. The summed E-state index contributed by atoms with van der Waals surface area (Å²) in [5, 5.41) is 2.77. The molecule has 0 spiro atoms. The van der Waals surface area contributed by atoms with Crippen LogP contribution in [0.4, 0.5) is 5.69 Å². The summed E-state index contributed by atoms with van der Waals surface area (Å²) >= 11 is 0. The van der Waals surface area contributed by atoms with E-state index >= 15 is 0 Å². The molecule has 0 radical (unpaired) electrons. The van der Waals surface area contributed by atoms with Crippen LogP contribution in [-0.2, 0) is 0 Å². The van der Waals surface area contributed by atoms with Crippen LogP contribution >= 0.6 is 0 Å². The van der Waals surface area contributed by atoms with Gasteiger partial charge >= 0.3 is 0 Å². The van der Waals surface area contributed by atoms with Crippen molar-refractivity contribution in [3.63, 3.8) is 0 Å². The molecule has 1 aromatic rings. The lowest BCUT2D eigenvalue weighted by Gasteiger charge is -2.32. The zero-order valence-electron chi connectivity index (χ0n) is 13.2. The highest BCUT2D eigenvalue weighted by atomic mass is 16.5. The SMILES string of the molecule is CCNC(=O)c1ccc(OC2CC(C)CC(C)C2)c(N)c1. The van der Waals surface area contributed by atoms with Gasteiger partial charge in [0, 0.05) is 12.1 Å². The maximum Gasteiger partial charge on any atom is 0.251 e. The van der Waals surface area contributed by atoms with Crippen molar-refractivity contribution in [3.8, 4) is 5.75 Å². The first-order chi connectivity index (χ1) is 9.99. The lowest BCUT2D eigenvalue weighted by molar-refractivity contribution is 0.0955. The molecule has 0 saturated heterocycles. The molecule has 1 aliphatic carbocycles. The van der Waals surface area contributed by atoms with Crippen LogP contribution in [0.25, 0.3) is 0 Å². The summed E-state index contributed by atoms with van der Waals surface area (Å²) < 4.78 is 6.06. The van der Waals surface area contributed by atoms with Gasteiger partial charge in [0.1, 0.15) is 5.75 Å². The molecular weight excluding hydrogens is 264 g/mol. The number of benzene rings is 1. The standard InChI is InChI=1S/C17H26N2O2/c1-4-19-17(20)13-5-6-16(15(18)10-13)21-14-8-11(2)7-12(3)9-14/h5-6,10-12,14H,4,7-9,18H2,1-3H3,(H,19,20). The molecule has 3 N–H and O–H groups in total. The van der Waals surface area contributed by atoms with Gasteiger partial charge in [-0.05, 0) is 56.2 Å². The molecule has 1 aromatic carbocycles. The number of ether oxygens (including phenoxy) is 1. The molecule has 21 heavy (non-hydrogen) atoms. The summed E-state index contributed by atoms with van der Waals surface area (Å²) in [6, 6.07) is 5.27. The van der Waals surface area contributed by atoms with Gasteiger partial charge in [0.2, 0.25) is 0 Å². The highest BCUT2D eigenvalue weighted by Crippen LogP contribution is 2.33. The van der Waals surface area contributed by atoms with Gasteiger partial charge in [-0.15, -0.1) is 0 Å². The van der Waals surface area contributed by atoms with Gasteiger partial charge in [0.05, 0.1) is 11.8 Å². The Morgan fingerprint density at radius 2 is 1.95 bits per heavy atom. The van der Waals surface area contributed by atoms with Crippen LogP contribution in [0, 0.1) is 11.8 Å². The number of hydrogen-bond acceptors (Lipinski definition) is 3. The summed E-state index contributed by atoms with van der Waals surface area (Å²) in [4.78, 5) is 11.8. The maximum atomic E-state index is 11.8. The smallest absolute Gasteiger partial charge is 0.251 e. The highest BCUT2D eigenvalue weighted by molar-refractivity contribution is 5.95. The Morgan fingerprint density at radius 3 is 2.52 bits per heavy atom. The zero-order valence-corrected chi connectivity index (χ0v) is 13.2. The third kappa shape index (κ3) is 4.13. The largest absolute Gasteiger partial charge is 0.488 e. The molecule has 2 unspecified atom stereocenters. The predicted molar refractivity (Wildman–Crippen MR) is 85.5 cm³/mol. The Labute approximate surface area is 127 Å². The molecular formula is C17H26N2O2. The Bertz CT molecular complexity index is 492. The normalized spacial score (nSPS) is 25.4. The van der Waals surface area contributed by atoms with Crippen LogP contribution in [0.15, 0.2) is 18.2 Å². The monoisotopic (exact) mass is 290 g/mol. The van der Waals surface area contributed by atoms with Gasteiger partial charge in [-0.25, -0.2) is 0 Å². The fourth-order valence-corrected chi connectivity index (χ4v) is 3.21. The number of amides is 1. The van der Waals surface area contributed by atoms with E-state index in [9.17, 15) is 4.79 Å². The van der Waals surface area contributed by atoms with Crippen molar-refractivity contribution >= 4 is 11.6 Å². The molecule has 2 rings (SSSR count). The molecule has 0 bridgehead atoms. The van der Waals surface area contributed by atoms with Gasteiger partial charge in [0.25, 0.3) is 5.91 Å². The highest BCUT2D eigenvalue weighted by Gasteiger charge is 2.25. The Hall–Kier alpha value is -1.71. The molecule has 0 aromatic heterocycles. The Morgan fingerprint density at radius 1 is 1.29 bits per heavy atom. The van der Waals surface area contributed by atoms with Crippen LogP contribution in [0.5, 0.6) is 5.75 Å². The van der Waals surface area contributed by atoms with Crippen molar-refractivity contribution in [2.45, 2.75) is 46.1 Å². The third-order valence-electron chi connectivity index (χ3n) is 4.04. The molecule has 116 valence electrons. The fraction of sp³-hybridized carbons (Fsp3) is 0.588. The van der Waals surface area contributed by atoms with E-state index in [0.717, 1.165) is 12.8 Å². The fourth-order valence-electron chi connectivity index (χ4n) is 3.21. The van der Waals surface area contributed by atoms with E-state index in [1.165, 1.54) is 6.42 Å². The summed E-state index contributed by atoms with van der Waals surface area (Å²) in [5.74, 6) is 1.97. The molecule has 1 saturated carbocycles. The van der Waals surface area contributed by atoms with Gasteiger partial charge in [-0.1, -0.05) is 13.8 Å². The molecule has 4 heteroatoms. The van der Waals surface area contributed by atoms with E-state index in [-0.39, 0.29) is 12.0 Å². The van der Waals surface area contributed by atoms with Gasteiger partial charge in [-0.2, -0.15) is 0 Å². The number of carbonyl (C=O) groups is 1. The summed E-state index contributed by atoms with van der Waals surface area (Å²) in [6.07, 6.45) is 3.64. The van der Waals surface area contributed by atoms with Crippen LogP contribution < -0.4 is 15.8 Å². The van der Waals surface area contributed by atoms with Gasteiger partial charge < -0.3 is 15.8 Å². The first-order valence-corrected chi connectivity index (χ1v) is 7.84. The number of carbonyl (C=O) groups excluding carboxylic acids is 1. The number of nitrogen functional groups attached to an aromatic ring is 1. The van der Waals surface area contributed by atoms with Crippen LogP contribution in [0.3, 0.4) is 0 Å². The van der Waals surface area contributed by atoms with Crippen LogP contribution in [0.1, 0.15) is 50.4 Å². The molecule has 4 nitrogen and oxygen atoms in total. The lowest BCUT2D eigenvalue weighted by atomic mass is 9.82. The number of anilines is 1. The van der Waals surface area contributed by atoms with Crippen molar-refractivity contribution in [3.05, 3.63) is 23.8 Å². The Balaban J connectivity index is 2.05. The van der Waals surface area contributed by atoms with Crippen molar-refractivity contribution in [1.29, 1.82) is 0 Å². The summed E-state index contributed by atoms with van der Waals surface area (Å²) in [6.45, 7) is 7.04. The maximum absolute atomic E-state index is 11.8. The zero-order chi connectivity index (χ0) is 15.4. The van der Waals surface area contributed by atoms with Crippen molar-refractivity contribution in [2.24, 2.45) is 11.8 Å². The van der Waals surface area contributed by atoms with E-state index < -0.39 is 0 Å². The lowest BCUT2D eigenvalue weighted by Crippen LogP contribution is -2.28. The topological polar surface area (TPSA) is 64.3 Å². The minimum absolute atomic E-state index is 0.101. The summed E-state index contributed by atoms with van der Waals surface area (Å²) in [5.41, 5.74) is 7.14. The van der Waals surface area contributed by atoms with Crippen molar-refractivity contribution < 1.29 is 9.53 Å². The average Bonchev–Trinajstić information content (AvgIpc) is 2.40. The number of hydrogen-bond donors (Lipinski definition) is 2. The second-order valence-corrected chi connectivity index (χ2v) is 6.27. The number of rotatable bonds is 4. The van der Waals surface area contributed by atoms with Crippen LogP contribution in [0.2, 0.25) is 0 Å².